The van der Waals surface area contributed by atoms with Crippen molar-refractivity contribution in [1.82, 2.24) is 4.90 Å². The van der Waals surface area contributed by atoms with Crippen LogP contribution in [-0.2, 0) is 4.74 Å². The Morgan fingerprint density at radius 2 is 2.23 bits per heavy atom. The Balaban J connectivity index is 1.97. The molecule has 2 rings (SSSR count). The molecule has 122 valence electrons. The Bertz CT molecular complexity index is 545. The lowest BCUT2D eigenvalue weighted by atomic mass is 10.2. The summed E-state index contributed by atoms with van der Waals surface area (Å²) >= 11 is 9.56. The van der Waals surface area contributed by atoms with Crippen LogP contribution in [0.1, 0.15) is 33.6 Å². The summed E-state index contributed by atoms with van der Waals surface area (Å²) in [5, 5.41) is 4.03. The van der Waals surface area contributed by atoms with E-state index in [1.165, 1.54) is 0 Å². The van der Waals surface area contributed by atoms with Crippen LogP contribution in [0.5, 0.6) is 0 Å². The van der Waals surface area contributed by atoms with Gasteiger partial charge in [-0.3, -0.25) is 0 Å². The van der Waals surface area contributed by atoms with Gasteiger partial charge in [-0.15, -0.1) is 0 Å². The zero-order valence-electron chi connectivity index (χ0n) is 13.2. The molecule has 1 N–H and O–H groups in total. The maximum atomic E-state index is 12.2. The van der Waals surface area contributed by atoms with E-state index >= 15 is 0 Å². The normalized spacial score (nSPS) is 18.4. The molecule has 22 heavy (non-hydrogen) atoms. The lowest BCUT2D eigenvalue weighted by Gasteiger charge is -2.29. The van der Waals surface area contributed by atoms with Gasteiger partial charge in [-0.05, 0) is 61.7 Å². The fourth-order valence-electron chi connectivity index (χ4n) is 2.48. The van der Waals surface area contributed by atoms with Gasteiger partial charge in [0.05, 0.1) is 21.2 Å². The molecular formula is C16H22BrClN2O2. The Hall–Kier alpha value is -0.940. The standard InChI is InChI=1S/C16H22BrClN2O2/c1-16(2,3)22-15(21)20-9-5-6-11(20)10-19-13-8-4-7-12(18)14(13)17/h4,7-8,11,19H,5-6,9-10H2,1-3H3. The third-order valence-electron chi connectivity index (χ3n) is 3.48. The molecule has 1 heterocycles. The highest BCUT2D eigenvalue weighted by atomic mass is 79.9. The second-order valence-electron chi connectivity index (χ2n) is 6.45. The van der Waals surface area contributed by atoms with Gasteiger partial charge >= 0.3 is 6.09 Å². The molecule has 0 aromatic heterocycles. The number of nitrogens with one attached hydrogen (secondary N) is 1. The highest BCUT2D eigenvalue weighted by Gasteiger charge is 2.32. The fourth-order valence-corrected chi connectivity index (χ4v) is 3.06. The van der Waals surface area contributed by atoms with Crippen LogP contribution in [0.4, 0.5) is 10.5 Å². The van der Waals surface area contributed by atoms with Crippen molar-refractivity contribution >= 4 is 39.3 Å². The third-order valence-corrected chi connectivity index (χ3v) is 4.88. The molecule has 0 spiro atoms. The van der Waals surface area contributed by atoms with Gasteiger partial charge in [0.25, 0.3) is 0 Å². The fraction of sp³-hybridized carbons (Fsp3) is 0.562. The van der Waals surface area contributed by atoms with E-state index in [-0.39, 0.29) is 12.1 Å². The maximum Gasteiger partial charge on any atom is 0.410 e. The number of benzene rings is 1. The van der Waals surface area contributed by atoms with Crippen LogP contribution < -0.4 is 5.32 Å². The molecule has 1 unspecified atom stereocenters. The van der Waals surface area contributed by atoms with Gasteiger partial charge in [0.1, 0.15) is 5.60 Å². The first-order valence-electron chi connectivity index (χ1n) is 7.45. The van der Waals surface area contributed by atoms with Crippen molar-refractivity contribution in [3.8, 4) is 0 Å². The monoisotopic (exact) mass is 388 g/mol. The molecule has 1 amide bonds. The molecule has 1 aliphatic heterocycles. The van der Waals surface area contributed by atoms with Gasteiger partial charge in [0, 0.05) is 13.1 Å². The molecule has 1 aromatic carbocycles. The molecule has 1 fully saturated rings. The van der Waals surface area contributed by atoms with E-state index in [1.807, 2.05) is 43.9 Å². The van der Waals surface area contributed by atoms with Crippen molar-refractivity contribution in [2.75, 3.05) is 18.4 Å². The molecule has 0 bridgehead atoms. The zero-order valence-corrected chi connectivity index (χ0v) is 15.5. The largest absolute Gasteiger partial charge is 0.444 e. The number of carbonyl (C=O) groups excluding carboxylic acids is 1. The van der Waals surface area contributed by atoms with Gasteiger partial charge in [-0.2, -0.15) is 0 Å². The lowest BCUT2D eigenvalue weighted by molar-refractivity contribution is 0.0235. The highest BCUT2D eigenvalue weighted by molar-refractivity contribution is 9.10. The van der Waals surface area contributed by atoms with Crippen molar-refractivity contribution in [2.45, 2.75) is 45.3 Å². The molecule has 1 aromatic rings. The van der Waals surface area contributed by atoms with Crippen molar-refractivity contribution in [2.24, 2.45) is 0 Å². The minimum absolute atomic E-state index is 0.140. The third kappa shape index (κ3) is 4.53. The average molecular weight is 390 g/mol. The second-order valence-corrected chi connectivity index (χ2v) is 7.65. The number of nitrogens with zero attached hydrogens (tertiary/aromatic N) is 1. The van der Waals surface area contributed by atoms with E-state index in [0.29, 0.717) is 11.6 Å². The van der Waals surface area contributed by atoms with Crippen LogP contribution in [0.3, 0.4) is 0 Å². The Morgan fingerprint density at radius 1 is 1.50 bits per heavy atom. The molecule has 4 nitrogen and oxygen atoms in total. The Kier molecular flexibility index (Phi) is 5.61. The summed E-state index contributed by atoms with van der Waals surface area (Å²) in [5.74, 6) is 0. The van der Waals surface area contributed by atoms with Crippen molar-refractivity contribution in [3.63, 3.8) is 0 Å². The summed E-state index contributed by atoms with van der Waals surface area (Å²) < 4.78 is 6.32. The number of ether oxygens (including phenoxy) is 1. The minimum Gasteiger partial charge on any atom is -0.444 e. The molecule has 1 atom stereocenters. The predicted octanol–water partition coefficient (Wildman–Crippen LogP) is 4.91. The Morgan fingerprint density at radius 3 is 2.91 bits per heavy atom. The number of carbonyl (C=O) groups is 1. The molecule has 0 aliphatic carbocycles. The number of halogens is 2. The second kappa shape index (κ2) is 7.09. The van der Waals surface area contributed by atoms with Crippen molar-refractivity contribution in [1.29, 1.82) is 0 Å². The summed E-state index contributed by atoms with van der Waals surface area (Å²) in [5.41, 5.74) is 0.469. The number of likely N-dealkylation sites (tertiary alicyclic amines) is 1. The van der Waals surface area contributed by atoms with E-state index in [4.69, 9.17) is 16.3 Å². The quantitative estimate of drug-likeness (QED) is 0.798. The van der Waals surface area contributed by atoms with Gasteiger partial charge < -0.3 is 15.0 Å². The van der Waals surface area contributed by atoms with E-state index in [0.717, 1.165) is 29.5 Å². The lowest BCUT2D eigenvalue weighted by Crippen LogP contribution is -2.42. The van der Waals surface area contributed by atoms with Crippen molar-refractivity contribution < 1.29 is 9.53 Å². The predicted molar refractivity (Wildman–Crippen MR) is 93.6 cm³/mol. The topological polar surface area (TPSA) is 41.6 Å². The van der Waals surface area contributed by atoms with Gasteiger partial charge in [0.2, 0.25) is 0 Å². The minimum atomic E-state index is -0.465. The van der Waals surface area contributed by atoms with Crippen molar-refractivity contribution in [3.05, 3.63) is 27.7 Å². The summed E-state index contributed by atoms with van der Waals surface area (Å²) in [6.07, 6.45) is 1.74. The van der Waals surface area contributed by atoms with E-state index in [9.17, 15) is 4.79 Å². The van der Waals surface area contributed by atoms with E-state index < -0.39 is 5.60 Å². The van der Waals surface area contributed by atoms with Crippen LogP contribution in [0.25, 0.3) is 0 Å². The number of hydrogen-bond acceptors (Lipinski definition) is 3. The van der Waals surface area contributed by atoms with Gasteiger partial charge in [-0.1, -0.05) is 17.7 Å². The average Bonchev–Trinajstić information content (AvgIpc) is 2.87. The van der Waals surface area contributed by atoms with Crippen LogP contribution in [-0.4, -0.2) is 35.7 Å². The van der Waals surface area contributed by atoms with E-state index in [1.54, 1.807) is 0 Å². The number of rotatable bonds is 3. The summed E-state index contributed by atoms with van der Waals surface area (Å²) in [4.78, 5) is 14.1. The van der Waals surface area contributed by atoms with E-state index in [2.05, 4.69) is 21.2 Å². The Labute approximate surface area is 145 Å². The number of amides is 1. The molecular weight excluding hydrogens is 368 g/mol. The first kappa shape index (κ1) is 17.4. The first-order valence-corrected chi connectivity index (χ1v) is 8.62. The van der Waals surface area contributed by atoms with Crippen LogP contribution in [0, 0.1) is 0 Å². The highest BCUT2D eigenvalue weighted by Crippen LogP contribution is 2.30. The SMILES string of the molecule is CC(C)(C)OC(=O)N1CCCC1CNc1cccc(Cl)c1Br. The smallest absolute Gasteiger partial charge is 0.410 e. The first-order chi connectivity index (χ1) is 10.3. The summed E-state index contributed by atoms with van der Waals surface area (Å²) in [6, 6.07) is 5.83. The molecule has 6 heteroatoms. The number of anilines is 1. The van der Waals surface area contributed by atoms with Crippen LogP contribution in [0.2, 0.25) is 5.02 Å². The molecule has 1 aliphatic rings. The van der Waals surface area contributed by atoms with Crippen LogP contribution >= 0.6 is 27.5 Å². The number of hydrogen-bond donors (Lipinski definition) is 1. The molecule has 0 radical (unpaired) electrons. The maximum absolute atomic E-state index is 12.2. The van der Waals surface area contributed by atoms with Gasteiger partial charge in [0.15, 0.2) is 0 Å². The van der Waals surface area contributed by atoms with Gasteiger partial charge in [-0.25, -0.2) is 4.79 Å². The summed E-state index contributed by atoms with van der Waals surface area (Å²) in [6.45, 7) is 7.09. The molecule has 1 saturated heterocycles. The summed E-state index contributed by atoms with van der Waals surface area (Å²) in [7, 11) is 0. The zero-order chi connectivity index (χ0) is 16.3. The van der Waals surface area contributed by atoms with Crippen LogP contribution in [0.15, 0.2) is 22.7 Å². The molecule has 0 saturated carbocycles.